The van der Waals surface area contributed by atoms with Gasteiger partial charge in [-0.05, 0) is 0 Å². The maximum Gasteiger partial charge on any atom is 0.0599 e. The summed E-state index contributed by atoms with van der Waals surface area (Å²) in [5.41, 5.74) is 0. The van der Waals surface area contributed by atoms with Crippen molar-refractivity contribution in [3.8, 4) is 0 Å². The average molecular weight is 367 g/mol. The van der Waals surface area contributed by atoms with Crippen LogP contribution in [0.25, 0.3) is 0 Å². The van der Waals surface area contributed by atoms with Crippen LogP contribution in [0.15, 0.2) is 0 Å². The first kappa shape index (κ1) is 19.1. The summed E-state index contributed by atoms with van der Waals surface area (Å²) in [7, 11) is 0. The molecular weight excluding hydrogens is 328 g/mol. The molecule has 6 bridgehead atoms. The summed E-state index contributed by atoms with van der Waals surface area (Å²) in [6.07, 6.45) is 0. The molecule has 1 N–H and O–H groups in total. The monoisotopic (exact) mass is 366 g/mol. The van der Waals surface area contributed by atoms with E-state index >= 15 is 0 Å². The summed E-state index contributed by atoms with van der Waals surface area (Å²) in [4.78, 5) is 15.0. The third kappa shape index (κ3) is 4.95. The lowest BCUT2D eigenvalue weighted by atomic mass is 10.1. The van der Waals surface area contributed by atoms with Crippen molar-refractivity contribution in [1.29, 1.82) is 0 Å². The van der Waals surface area contributed by atoms with E-state index in [-0.39, 0.29) is 0 Å². The van der Waals surface area contributed by atoms with Crippen LogP contribution in [-0.4, -0.2) is 158 Å². The molecule has 9 heterocycles. The summed E-state index contributed by atoms with van der Waals surface area (Å²) in [5, 5.41) is 8.94. The van der Waals surface area contributed by atoms with E-state index in [0.29, 0.717) is 12.6 Å². The molecule has 1 atom stereocenters. The largest absolute Gasteiger partial charge is 0.395 e. The minimum absolute atomic E-state index is 0.330. The molecule has 0 spiro atoms. The van der Waals surface area contributed by atoms with Gasteiger partial charge in [0.1, 0.15) is 0 Å². The van der Waals surface area contributed by atoms with Gasteiger partial charge >= 0.3 is 0 Å². The Bertz CT molecular complexity index is 344. The van der Waals surface area contributed by atoms with Gasteiger partial charge < -0.3 is 5.11 Å². The molecule has 0 amide bonds. The number of nitrogens with zero attached hydrogens (tertiary/aromatic N) is 6. The molecule has 0 aromatic heterocycles. The zero-order valence-corrected chi connectivity index (χ0v) is 16.4. The number of fused-ring (bicyclic) bond motifs is 9. The van der Waals surface area contributed by atoms with Crippen molar-refractivity contribution in [2.45, 2.75) is 6.04 Å². The van der Waals surface area contributed by atoms with Crippen LogP contribution < -0.4 is 0 Å². The van der Waals surface area contributed by atoms with Crippen molar-refractivity contribution in [2.75, 3.05) is 118 Å². The first-order valence-corrected chi connectivity index (χ1v) is 10.8. The standard InChI is InChI=1S/C7H14N2O.2C6H12N2/c10-6-7-5-8-1-3-9(7)4-2-8;2*1-2-8-5-3-7(1)4-6-8/h7,10H,1-6H2;2*1-6H2. The molecule has 0 saturated carbocycles. The lowest BCUT2D eigenvalue weighted by Crippen LogP contribution is -2.61. The normalized spacial score (nSPS) is 45.3. The average Bonchev–Trinajstić information content (AvgIpc) is 2.78. The van der Waals surface area contributed by atoms with Crippen molar-refractivity contribution in [2.24, 2.45) is 0 Å². The highest BCUT2D eigenvalue weighted by molar-refractivity contribution is 4.87. The first-order valence-electron chi connectivity index (χ1n) is 10.8. The molecule has 9 saturated heterocycles. The highest BCUT2D eigenvalue weighted by Crippen LogP contribution is 2.14. The van der Waals surface area contributed by atoms with Gasteiger partial charge in [0.05, 0.1) is 6.61 Å². The fourth-order valence-electron chi connectivity index (χ4n) is 4.94. The van der Waals surface area contributed by atoms with Gasteiger partial charge in [-0.25, -0.2) is 0 Å². The highest BCUT2D eigenvalue weighted by Gasteiger charge is 2.30. The van der Waals surface area contributed by atoms with E-state index in [0.717, 1.165) is 19.6 Å². The number of rotatable bonds is 1. The van der Waals surface area contributed by atoms with Crippen molar-refractivity contribution >= 4 is 0 Å². The van der Waals surface area contributed by atoms with Crippen LogP contribution in [0.2, 0.25) is 0 Å². The number of aliphatic hydroxyl groups is 1. The van der Waals surface area contributed by atoms with Crippen LogP contribution in [0.4, 0.5) is 0 Å². The number of piperazine rings is 9. The van der Waals surface area contributed by atoms with Gasteiger partial charge in [0.15, 0.2) is 0 Å². The Morgan fingerprint density at radius 3 is 0.923 bits per heavy atom. The Morgan fingerprint density at radius 2 is 0.769 bits per heavy atom. The van der Waals surface area contributed by atoms with Gasteiger partial charge in [0.2, 0.25) is 0 Å². The highest BCUT2D eigenvalue weighted by atomic mass is 16.3. The van der Waals surface area contributed by atoms with E-state index in [1.165, 1.54) is 91.6 Å². The van der Waals surface area contributed by atoms with Gasteiger partial charge in [0, 0.05) is 117 Å². The molecule has 7 heteroatoms. The Kier molecular flexibility index (Phi) is 6.80. The SMILES string of the molecule is C1CN2CCN1CC2.C1CN2CCN1CC2.OCC1CN2CCN1CC2. The fourth-order valence-corrected chi connectivity index (χ4v) is 4.94. The van der Waals surface area contributed by atoms with E-state index in [9.17, 15) is 0 Å². The van der Waals surface area contributed by atoms with Crippen LogP contribution in [0.5, 0.6) is 0 Å². The third-order valence-corrected chi connectivity index (χ3v) is 7.00. The van der Waals surface area contributed by atoms with Gasteiger partial charge in [0.25, 0.3) is 0 Å². The van der Waals surface area contributed by atoms with Gasteiger partial charge in [-0.3, -0.25) is 29.4 Å². The molecule has 0 radical (unpaired) electrons. The molecule has 9 aliphatic rings. The Hall–Kier alpha value is -0.280. The minimum Gasteiger partial charge on any atom is -0.395 e. The van der Waals surface area contributed by atoms with E-state index in [1.54, 1.807) is 0 Å². The van der Waals surface area contributed by atoms with Crippen molar-refractivity contribution in [1.82, 2.24) is 29.4 Å². The summed E-state index contributed by atoms with van der Waals surface area (Å²) < 4.78 is 0. The zero-order valence-electron chi connectivity index (χ0n) is 16.4. The van der Waals surface area contributed by atoms with Crippen LogP contribution in [0.1, 0.15) is 0 Å². The van der Waals surface area contributed by atoms with E-state index in [1.807, 2.05) is 0 Å². The fraction of sp³-hybridized carbons (Fsp3) is 1.00. The summed E-state index contributed by atoms with van der Waals surface area (Å²) in [6.45, 7) is 22.0. The topological polar surface area (TPSA) is 39.7 Å². The van der Waals surface area contributed by atoms with Crippen LogP contribution >= 0.6 is 0 Å². The Balaban J connectivity index is 0.0000000979. The first-order chi connectivity index (χ1) is 12.8. The van der Waals surface area contributed by atoms with Crippen molar-refractivity contribution in [3.05, 3.63) is 0 Å². The number of aliphatic hydroxyl groups excluding tert-OH is 1. The molecular formula is C19H38N6O. The summed E-state index contributed by atoms with van der Waals surface area (Å²) in [5.74, 6) is 0. The van der Waals surface area contributed by atoms with E-state index < -0.39 is 0 Å². The van der Waals surface area contributed by atoms with Gasteiger partial charge in [-0.1, -0.05) is 0 Å². The molecule has 26 heavy (non-hydrogen) atoms. The number of hydrogen-bond donors (Lipinski definition) is 1. The quantitative estimate of drug-likeness (QED) is 0.588. The predicted octanol–water partition coefficient (Wildman–Crippen LogP) is -1.79. The Morgan fingerprint density at radius 1 is 0.462 bits per heavy atom. The maximum absolute atomic E-state index is 8.94. The van der Waals surface area contributed by atoms with E-state index in [2.05, 4.69) is 29.4 Å². The number of hydrogen-bond acceptors (Lipinski definition) is 7. The second-order valence-electron chi connectivity index (χ2n) is 8.54. The molecule has 0 aromatic carbocycles. The van der Waals surface area contributed by atoms with Crippen LogP contribution in [0, 0.1) is 0 Å². The van der Waals surface area contributed by atoms with Crippen LogP contribution in [-0.2, 0) is 0 Å². The molecule has 7 nitrogen and oxygen atoms in total. The lowest BCUT2D eigenvalue weighted by molar-refractivity contribution is -0.0104. The molecule has 9 fully saturated rings. The molecule has 0 aliphatic carbocycles. The minimum atomic E-state index is 0.330. The van der Waals surface area contributed by atoms with Gasteiger partial charge in [-0.2, -0.15) is 0 Å². The van der Waals surface area contributed by atoms with Crippen LogP contribution in [0.3, 0.4) is 0 Å². The van der Waals surface area contributed by atoms with Crippen molar-refractivity contribution < 1.29 is 5.11 Å². The molecule has 1 unspecified atom stereocenters. The molecule has 0 aromatic rings. The zero-order chi connectivity index (χ0) is 17.8. The van der Waals surface area contributed by atoms with Crippen molar-refractivity contribution in [3.63, 3.8) is 0 Å². The van der Waals surface area contributed by atoms with Gasteiger partial charge in [-0.15, -0.1) is 0 Å². The lowest BCUT2D eigenvalue weighted by Gasteiger charge is -2.46. The second kappa shape index (κ2) is 9.28. The molecule has 150 valence electrons. The predicted molar refractivity (Wildman–Crippen MR) is 105 cm³/mol. The molecule has 9 aliphatic heterocycles. The third-order valence-electron chi connectivity index (χ3n) is 7.00. The smallest absolute Gasteiger partial charge is 0.0599 e. The van der Waals surface area contributed by atoms with E-state index in [4.69, 9.17) is 5.11 Å². The Labute approximate surface area is 159 Å². The second-order valence-corrected chi connectivity index (χ2v) is 8.54. The summed E-state index contributed by atoms with van der Waals surface area (Å²) in [6, 6.07) is 0.433. The summed E-state index contributed by atoms with van der Waals surface area (Å²) >= 11 is 0. The molecule has 9 rings (SSSR count). The maximum atomic E-state index is 8.94.